The molecular weight excluding hydrogens is 316 g/mol. The van der Waals surface area contributed by atoms with Gasteiger partial charge in [0.05, 0.1) is 17.1 Å². The van der Waals surface area contributed by atoms with Crippen molar-refractivity contribution in [1.29, 1.82) is 0 Å². The molecule has 0 bridgehead atoms. The van der Waals surface area contributed by atoms with Gasteiger partial charge < -0.3 is 14.6 Å². The van der Waals surface area contributed by atoms with Crippen molar-refractivity contribution in [2.45, 2.75) is 32.8 Å². The van der Waals surface area contributed by atoms with E-state index in [0.29, 0.717) is 29.7 Å². The number of hydrogen-bond acceptors (Lipinski definition) is 3. The second kappa shape index (κ2) is 6.12. The van der Waals surface area contributed by atoms with Crippen molar-refractivity contribution < 1.29 is 18.3 Å². The number of aromatic nitrogens is 2. The number of amides is 1. The van der Waals surface area contributed by atoms with E-state index in [1.807, 2.05) is 0 Å². The molecule has 3 rings (SSSR count). The minimum atomic E-state index is -2.66. The summed E-state index contributed by atoms with van der Waals surface area (Å²) in [5, 5.41) is 0. The molecule has 1 aromatic carbocycles. The number of methoxy groups -OCH3 is 1. The van der Waals surface area contributed by atoms with E-state index in [4.69, 9.17) is 4.74 Å². The average Bonchev–Trinajstić information content (AvgIpc) is 2.96. The Morgan fingerprint density at radius 2 is 2.21 bits per heavy atom. The molecule has 1 amide bonds. The Bertz CT molecular complexity index is 757. The van der Waals surface area contributed by atoms with Gasteiger partial charge in [-0.1, -0.05) is 13.8 Å². The molecule has 7 heteroatoms. The zero-order valence-corrected chi connectivity index (χ0v) is 14.0. The first-order valence-corrected chi connectivity index (χ1v) is 7.91. The van der Waals surface area contributed by atoms with Crippen LogP contribution in [0.15, 0.2) is 18.2 Å². The van der Waals surface area contributed by atoms with Crippen molar-refractivity contribution >= 4 is 16.9 Å². The maximum atomic E-state index is 12.8. The number of aromatic amines is 1. The normalized spacial score (nSPS) is 20.8. The van der Waals surface area contributed by atoms with Crippen LogP contribution in [0.25, 0.3) is 11.0 Å². The fraction of sp³-hybridized carbons (Fsp3) is 0.529. The van der Waals surface area contributed by atoms with Crippen LogP contribution in [0.4, 0.5) is 8.78 Å². The molecule has 0 radical (unpaired) electrons. The average molecular weight is 337 g/mol. The largest absolute Gasteiger partial charge is 0.381 e. The monoisotopic (exact) mass is 337 g/mol. The summed E-state index contributed by atoms with van der Waals surface area (Å²) in [5.74, 6) is -0.482. The summed E-state index contributed by atoms with van der Waals surface area (Å²) in [5.41, 5.74) is 1.21. The van der Waals surface area contributed by atoms with Crippen LogP contribution in [-0.2, 0) is 4.74 Å². The molecule has 1 aliphatic rings. The molecule has 1 fully saturated rings. The summed E-state index contributed by atoms with van der Waals surface area (Å²) in [6.45, 7) is 5.36. The lowest BCUT2D eigenvalue weighted by Crippen LogP contribution is -2.51. The van der Waals surface area contributed by atoms with E-state index in [-0.39, 0.29) is 23.3 Å². The standard InChI is InChI=1S/C17H21F2N3O2/c1-17(2)9-22(7-6-13(17)24-3)16(23)10-4-5-11-12(8-10)21-15(20-11)14(18)19/h4-5,8,13-14H,6-7,9H2,1-3H3,(H,20,21). The van der Waals surface area contributed by atoms with Gasteiger partial charge in [-0.05, 0) is 24.6 Å². The lowest BCUT2D eigenvalue weighted by molar-refractivity contribution is -0.0443. The Labute approximate surface area is 139 Å². The van der Waals surface area contributed by atoms with Crippen LogP contribution in [0.1, 0.15) is 42.9 Å². The number of benzene rings is 1. The van der Waals surface area contributed by atoms with Crippen LogP contribution in [0, 0.1) is 5.41 Å². The van der Waals surface area contributed by atoms with Gasteiger partial charge in [-0.15, -0.1) is 0 Å². The minimum Gasteiger partial charge on any atom is -0.381 e. The van der Waals surface area contributed by atoms with Gasteiger partial charge in [0.1, 0.15) is 0 Å². The molecule has 1 N–H and O–H groups in total. The van der Waals surface area contributed by atoms with Crippen LogP contribution < -0.4 is 0 Å². The molecule has 5 nitrogen and oxygen atoms in total. The molecule has 24 heavy (non-hydrogen) atoms. The van der Waals surface area contributed by atoms with E-state index in [1.165, 1.54) is 0 Å². The van der Waals surface area contributed by atoms with Gasteiger partial charge in [-0.25, -0.2) is 13.8 Å². The summed E-state index contributed by atoms with van der Waals surface area (Å²) in [4.78, 5) is 21.0. The number of nitrogens with one attached hydrogen (secondary N) is 1. The summed E-state index contributed by atoms with van der Waals surface area (Å²) in [6, 6.07) is 4.82. The molecule has 0 spiro atoms. The van der Waals surface area contributed by atoms with E-state index in [1.54, 1.807) is 30.2 Å². The van der Waals surface area contributed by atoms with E-state index in [9.17, 15) is 13.6 Å². The summed E-state index contributed by atoms with van der Waals surface area (Å²) in [7, 11) is 1.69. The Balaban J connectivity index is 1.83. The Morgan fingerprint density at radius 1 is 1.46 bits per heavy atom. The summed E-state index contributed by atoms with van der Waals surface area (Å²) in [6.07, 6.45) is -1.77. The first-order valence-electron chi connectivity index (χ1n) is 7.91. The topological polar surface area (TPSA) is 58.2 Å². The Hall–Kier alpha value is -2.02. The van der Waals surface area contributed by atoms with Crippen LogP contribution in [-0.4, -0.2) is 47.1 Å². The highest BCUT2D eigenvalue weighted by Crippen LogP contribution is 2.32. The molecule has 130 valence electrons. The van der Waals surface area contributed by atoms with Gasteiger partial charge in [0.2, 0.25) is 0 Å². The number of alkyl halides is 2. The fourth-order valence-corrected chi connectivity index (χ4v) is 3.40. The Kier molecular flexibility index (Phi) is 4.29. The molecule has 1 unspecified atom stereocenters. The number of fused-ring (bicyclic) bond motifs is 1. The lowest BCUT2D eigenvalue weighted by Gasteiger charge is -2.43. The molecule has 1 atom stereocenters. The molecule has 2 heterocycles. The SMILES string of the molecule is COC1CCN(C(=O)c2ccc3nc(C(F)F)[nH]c3c2)CC1(C)C. The van der Waals surface area contributed by atoms with Crippen molar-refractivity contribution in [3.63, 3.8) is 0 Å². The minimum absolute atomic E-state index is 0.104. The number of H-pyrrole nitrogens is 1. The maximum absolute atomic E-state index is 12.8. The van der Waals surface area contributed by atoms with Crippen molar-refractivity contribution in [2.75, 3.05) is 20.2 Å². The molecule has 1 aliphatic heterocycles. The predicted octanol–water partition coefficient (Wildman–Crippen LogP) is 3.39. The number of imidazole rings is 1. The van der Waals surface area contributed by atoms with Crippen molar-refractivity contribution in [1.82, 2.24) is 14.9 Å². The third kappa shape index (κ3) is 3.00. The predicted molar refractivity (Wildman–Crippen MR) is 86.1 cm³/mol. The lowest BCUT2D eigenvalue weighted by atomic mass is 9.81. The van der Waals surface area contributed by atoms with Gasteiger partial charge >= 0.3 is 0 Å². The number of nitrogens with zero attached hydrogens (tertiary/aromatic N) is 2. The number of piperidine rings is 1. The van der Waals surface area contributed by atoms with Gasteiger partial charge in [-0.3, -0.25) is 4.79 Å². The van der Waals surface area contributed by atoms with Crippen LogP contribution in [0.2, 0.25) is 0 Å². The van der Waals surface area contributed by atoms with E-state index in [0.717, 1.165) is 6.42 Å². The first kappa shape index (κ1) is 16.8. The van der Waals surface area contributed by atoms with Crippen LogP contribution >= 0.6 is 0 Å². The second-order valence-corrected chi connectivity index (χ2v) is 6.88. The molecular formula is C17H21F2N3O2. The van der Waals surface area contributed by atoms with Gasteiger partial charge in [0, 0.05) is 31.2 Å². The molecule has 1 aromatic heterocycles. The zero-order valence-electron chi connectivity index (χ0n) is 14.0. The quantitative estimate of drug-likeness (QED) is 0.934. The number of ether oxygens (including phenoxy) is 1. The molecule has 0 saturated carbocycles. The molecule has 0 aliphatic carbocycles. The van der Waals surface area contributed by atoms with Gasteiger partial charge in [0.15, 0.2) is 5.82 Å². The molecule has 2 aromatic rings. The third-order valence-electron chi connectivity index (χ3n) is 4.66. The van der Waals surface area contributed by atoms with E-state index < -0.39 is 6.43 Å². The first-order chi connectivity index (χ1) is 11.3. The number of likely N-dealkylation sites (tertiary alicyclic amines) is 1. The summed E-state index contributed by atoms with van der Waals surface area (Å²) >= 11 is 0. The fourth-order valence-electron chi connectivity index (χ4n) is 3.40. The van der Waals surface area contributed by atoms with Crippen LogP contribution in [0.5, 0.6) is 0 Å². The van der Waals surface area contributed by atoms with Crippen molar-refractivity contribution in [3.05, 3.63) is 29.6 Å². The highest BCUT2D eigenvalue weighted by Gasteiger charge is 2.37. The van der Waals surface area contributed by atoms with Crippen molar-refractivity contribution in [3.8, 4) is 0 Å². The number of carbonyl (C=O) groups is 1. The number of halogens is 2. The second-order valence-electron chi connectivity index (χ2n) is 6.88. The highest BCUT2D eigenvalue weighted by molar-refractivity contribution is 5.97. The van der Waals surface area contributed by atoms with E-state index >= 15 is 0 Å². The highest BCUT2D eigenvalue weighted by atomic mass is 19.3. The van der Waals surface area contributed by atoms with Crippen molar-refractivity contribution in [2.24, 2.45) is 5.41 Å². The van der Waals surface area contributed by atoms with Crippen LogP contribution in [0.3, 0.4) is 0 Å². The number of rotatable bonds is 3. The smallest absolute Gasteiger partial charge is 0.295 e. The van der Waals surface area contributed by atoms with Gasteiger partial charge in [0.25, 0.3) is 12.3 Å². The maximum Gasteiger partial charge on any atom is 0.295 e. The van der Waals surface area contributed by atoms with Gasteiger partial charge in [-0.2, -0.15) is 0 Å². The summed E-state index contributed by atoms with van der Waals surface area (Å²) < 4.78 is 31.0. The third-order valence-corrected chi connectivity index (χ3v) is 4.66. The number of hydrogen-bond donors (Lipinski definition) is 1. The Morgan fingerprint density at radius 3 is 2.83 bits per heavy atom. The van der Waals surface area contributed by atoms with E-state index in [2.05, 4.69) is 23.8 Å². The molecule has 1 saturated heterocycles. The zero-order chi connectivity index (χ0) is 17.5. The number of carbonyl (C=O) groups excluding carboxylic acids is 1.